The van der Waals surface area contributed by atoms with Crippen LogP contribution in [0.15, 0.2) is 42.5 Å². The van der Waals surface area contributed by atoms with Gasteiger partial charge < -0.3 is 10.4 Å². The second-order valence-electron chi connectivity index (χ2n) is 2.53. The number of para-hydroxylation sites is 1. The number of amides is 1. The Hall–Kier alpha value is -2.10. The van der Waals surface area contributed by atoms with Crippen LogP contribution in [0.2, 0.25) is 0 Å². The van der Waals surface area contributed by atoms with Gasteiger partial charge in [-0.05, 0) is 12.1 Å². The first-order chi connectivity index (χ1) is 7.68. The van der Waals surface area contributed by atoms with Crippen molar-refractivity contribution in [3.63, 3.8) is 0 Å². The molecule has 0 aromatic heterocycles. The van der Waals surface area contributed by atoms with Gasteiger partial charge in [0.2, 0.25) is 5.91 Å². The summed E-state index contributed by atoms with van der Waals surface area (Å²) < 4.78 is 0. The van der Waals surface area contributed by atoms with Gasteiger partial charge in [0.15, 0.2) is 0 Å². The van der Waals surface area contributed by atoms with Crippen LogP contribution in [-0.2, 0) is 9.59 Å². The summed E-state index contributed by atoms with van der Waals surface area (Å²) in [5.74, 6) is -1.60. The summed E-state index contributed by atoms with van der Waals surface area (Å²) in [6.45, 7) is 4.00. The number of benzene rings is 1. The molecule has 0 aliphatic carbocycles. The third-order valence-electron chi connectivity index (χ3n) is 1.42. The van der Waals surface area contributed by atoms with Crippen LogP contribution in [0, 0.1) is 0 Å². The van der Waals surface area contributed by atoms with E-state index in [9.17, 15) is 9.59 Å². The Morgan fingerprint density at radius 1 is 1.12 bits per heavy atom. The van der Waals surface area contributed by atoms with Gasteiger partial charge in [-0.1, -0.05) is 32.0 Å². The summed E-state index contributed by atoms with van der Waals surface area (Å²) in [4.78, 5) is 21.1. The van der Waals surface area contributed by atoms with Crippen LogP contribution < -0.4 is 5.32 Å². The van der Waals surface area contributed by atoms with Crippen molar-refractivity contribution >= 4 is 17.6 Å². The average molecular weight is 221 g/mol. The van der Waals surface area contributed by atoms with Gasteiger partial charge in [0.1, 0.15) is 0 Å². The molecule has 0 aliphatic rings. The molecule has 0 aliphatic heterocycles. The largest absolute Gasteiger partial charge is 0.478 e. The number of carboxylic acids is 1. The fourth-order valence-corrected chi connectivity index (χ4v) is 0.852. The van der Waals surface area contributed by atoms with Gasteiger partial charge in [0.25, 0.3) is 0 Å². The molecular weight excluding hydrogens is 206 g/mol. The van der Waals surface area contributed by atoms with Gasteiger partial charge in [-0.2, -0.15) is 0 Å². The Morgan fingerprint density at radius 3 is 2.19 bits per heavy atom. The molecule has 0 radical (unpaired) electrons. The van der Waals surface area contributed by atoms with Gasteiger partial charge in [0.05, 0.1) is 0 Å². The number of anilines is 1. The lowest BCUT2D eigenvalue weighted by molar-refractivity contribution is -0.131. The normalized spacial score (nSPS) is 9.12. The molecule has 4 nitrogen and oxygen atoms in total. The van der Waals surface area contributed by atoms with E-state index >= 15 is 0 Å². The zero-order valence-electron chi connectivity index (χ0n) is 9.31. The quantitative estimate of drug-likeness (QED) is 0.769. The number of aliphatic carboxylic acids is 1. The fraction of sp³-hybridized carbons (Fsp3) is 0.167. The van der Waals surface area contributed by atoms with Crippen molar-refractivity contribution in [1.82, 2.24) is 0 Å². The molecule has 2 N–H and O–H groups in total. The molecule has 1 amide bonds. The van der Waals surface area contributed by atoms with Crippen LogP contribution in [0.5, 0.6) is 0 Å². The minimum Gasteiger partial charge on any atom is -0.478 e. The second kappa shape index (κ2) is 8.23. The highest BCUT2D eigenvalue weighted by atomic mass is 16.4. The van der Waals surface area contributed by atoms with E-state index in [2.05, 4.69) is 5.32 Å². The number of hydrogen-bond donors (Lipinski definition) is 2. The summed E-state index contributed by atoms with van der Waals surface area (Å²) in [7, 11) is 0. The van der Waals surface area contributed by atoms with Crippen LogP contribution in [-0.4, -0.2) is 17.0 Å². The predicted molar refractivity (Wildman–Crippen MR) is 63.2 cm³/mol. The monoisotopic (exact) mass is 221 g/mol. The minimum atomic E-state index is -1.15. The lowest BCUT2D eigenvalue weighted by Crippen LogP contribution is -2.08. The molecule has 0 heterocycles. The van der Waals surface area contributed by atoms with E-state index in [1.807, 2.05) is 19.9 Å². The Kier molecular flexibility index (Phi) is 7.15. The van der Waals surface area contributed by atoms with Gasteiger partial charge in [-0.25, -0.2) is 4.79 Å². The second-order valence-corrected chi connectivity index (χ2v) is 2.53. The molecule has 0 atom stereocenters. The Balaban J connectivity index is 0.00000106. The number of carbonyl (C=O) groups is 2. The third kappa shape index (κ3) is 6.37. The maximum absolute atomic E-state index is 11.1. The zero-order chi connectivity index (χ0) is 12.4. The number of carboxylic acid groups (broad SMARTS) is 1. The fourth-order valence-electron chi connectivity index (χ4n) is 0.852. The molecule has 4 heteroatoms. The first kappa shape index (κ1) is 13.9. The molecule has 1 aromatic carbocycles. The van der Waals surface area contributed by atoms with Crippen LogP contribution >= 0.6 is 0 Å². The number of nitrogens with one attached hydrogen (secondary N) is 1. The maximum atomic E-state index is 11.1. The first-order valence-corrected chi connectivity index (χ1v) is 4.95. The van der Waals surface area contributed by atoms with Gasteiger partial charge in [-0.3, -0.25) is 4.79 Å². The summed E-state index contributed by atoms with van der Waals surface area (Å²) in [5, 5.41) is 10.8. The van der Waals surface area contributed by atoms with Gasteiger partial charge in [0, 0.05) is 17.8 Å². The first-order valence-electron chi connectivity index (χ1n) is 4.95. The number of rotatable bonds is 3. The lowest BCUT2D eigenvalue weighted by atomic mass is 10.3. The predicted octanol–water partition coefficient (Wildman–Crippen LogP) is 2.29. The highest BCUT2D eigenvalue weighted by molar-refractivity contribution is 6.02. The maximum Gasteiger partial charge on any atom is 0.328 e. The number of carbonyl (C=O) groups excluding carboxylic acids is 1. The highest BCUT2D eigenvalue weighted by Gasteiger charge is 1.96. The molecule has 0 unspecified atom stereocenters. The van der Waals surface area contributed by atoms with E-state index in [-0.39, 0.29) is 0 Å². The van der Waals surface area contributed by atoms with Crippen LogP contribution in [0.3, 0.4) is 0 Å². The van der Waals surface area contributed by atoms with E-state index in [1.54, 1.807) is 24.3 Å². The molecule has 0 bridgehead atoms. The summed E-state index contributed by atoms with van der Waals surface area (Å²) in [6.07, 6.45) is 1.76. The molecule has 1 rings (SSSR count). The van der Waals surface area contributed by atoms with Crippen molar-refractivity contribution < 1.29 is 14.7 Å². The van der Waals surface area contributed by atoms with Gasteiger partial charge in [-0.15, -0.1) is 0 Å². The highest BCUT2D eigenvalue weighted by Crippen LogP contribution is 2.04. The van der Waals surface area contributed by atoms with Crippen molar-refractivity contribution in [3.8, 4) is 0 Å². The smallest absolute Gasteiger partial charge is 0.328 e. The third-order valence-corrected chi connectivity index (χ3v) is 1.42. The van der Waals surface area contributed by atoms with Crippen LogP contribution in [0.25, 0.3) is 0 Å². The van der Waals surface area contributed by atoms with Crippen molar-refractivity contribution in [2.45, 2.75) is 13.8 Å². The average Bonchev–Trinajstić information content (AvgIpc) is 2.30. The Labute approximate surface area is 94.6 Å². The summed E-state index contributed by atoms with van der Waals surface area (Å²) >= 11 is 0. The molecule has 0 saturated carbocycles. The standard InChI is InChI=1S/C10H9NO3.C2H6/c12-9(6-7-10(13)14)11-8-4-2-1-3-5-8;1-2/h1-7H,(H,11,12)(H,13,14);1-2H3/b7-6-;. The molecule has 16 heavy (non-hydrogen) atoms. The van der Waals surface area contributed by atoms with E-state index in [4.69, 9.17) is 5.11 Å². The van der Waals surface area contributed by atoms with Gasteiger partial charge >= 0.3 is 5.97 Å². The molecule has 0 spiro atoms. The van der Waals surface area contributed by atoms with Crippen molar-refractivity contribution in [1.29, 1.82) is 0 Å². The number of hydrogen-bond acceptors (Lipinski definition) is 2. The topological polar surface area (TPSA) is 66.4 Å². The van der Waals surface area contributed by atoms with Crippen molar-refractivity contribution in [2.24, 2.45) is 0 Å². The molecule has 0 saturated heterocycles. The molecule has 1 aromatic rings. The minimum absolute atomic E-state index is 0.460. The van der Waals surface area contributed by atoms with Crippen LogP contribution in [0.1, 0.15) is 13.8 Å². The summed E-state index contributed by atoms with van der Waals surface area (Å²) in [6, 6.07) is 8.80. The van der Waals surface area contributed by atoms with Crippen molar-refractivity contribution in [3.05, 3.63) is 42.5 Å². The van der Waals surface area contributed by atoms with E-state index in [1.165, 1.54) is 0 Å². The SMILES string of the molecule is CC.O=C(O)/C=C\C(=O)Nc1ccccc1. The summed E-state index contributed by atoms with van der Waals surface area (Å²) in [5.41, 5.74) is 0.632. The molecule has 86 valence electrons. The zero-order valence-corrected chi connectivity index (χ0v) is 9.31. The van der Waals surface area contributed by atoms with Crippen LogP contribution in [0.4, 0.5) is 5.69 Å². The lowest BCUT2D eigenvalue weighted by Gasteiger charge is -1.99. The molecule has 0 fully saturated rings. The Bertz CT molecular complexity index is 358. The van der Waals surface area contributed by atoms with Crippen molar-refractivity contribution in [2.75, 3.05) is 5.32 Å². The van der Waals surface area contributed by atoms with E-state index in [0.717, 1.165) is 12.2 Å². The Morgan fingerprint density at radius 2 is 1.69 bits per heavy atom. The van der Waals surface area contributed by atoms with E-state index in [0.29, 0.717) is 5.69 Å². The van der Waals surface area contributed by atoms with E-state index < -0.39 is 11.9 Å². The molecular formula is C12H15NO3.